The number of furan rings is 1. The van der Waals surface area contributed by atoms with Crippen molar-refractivity contribution in [3.05, 3.63) is 76.8 Å². The van der Waals surface area contributed by atoms with Gasteiger partial charge in [-0.3, -0.25) is 9.69 Å². The Kier molecular flexibility index (Phi) is 9.59. The maximum atomic E-state index is 13.0. The third-order valence-corrected chi connectivity index (χ3v) is 7.16. The first kappa shape index (κ1) is 30.3. The molecule has 0 saturated carbocycles. The first-order chi connectivity index (χ1) is 20.2. The van der Waals surface area contributed by atoms with Crippen LogP contribution in [0.3, 0.4) is 0 Å². The van der Waals surface area contributed by atoms with E-state index < -0.39 is 6.09 Å². The molecule has 1 aliphatic rings. The number of nitrogens with zero attached hydrogens (tertiary/aromatic N) is 2. The Labute approximate surface area is 245 Å². The van der Waals surface area contributed by atoms with Crippen LogP contribution in [0.25, 0.3) is 17.2 Å². The lowest BCUT2D eigenvalue weighted by Crippen LogP contribution is -2.36. The molecule has 1 heterocycles. The van der Waals surface area contributed by atoms with Gasteiger partial charge < -0.3 is 34.0 Å². The van der Waals surface area contributed by atoms with Gasteiger partial charge >= 0.3 is 6.09 Å². The third kappa shape index (κ3) is 6.60. The van der Waals surface area contributed by atoms with Crippen LogP contribution in [0.4, 0.5) is 10.5 Å². The van der Waals surface area contributed by atoms with Crippen LogP contribution in [0, 0.1) is 0 Å². The highest BCUT2D eigenvalue weighted by Crippen LogP contribution is 2.46. The number of nitrogens with one attached hydrogen (secondary N) is 1. The van der Waals surface area contributed by atoms with Crippen molar-refractivity contribution in [1.29, 1.82) is 0 Å². The van der Waals surface area contributed by atoms with E-state index in [-0.39, 0.29) is 18.9 Å². The van der Waals surface area contributed by atoms with Crippen molar-refractivity contribution in [3.63, 3.8) is 0 Å². The summed E-state index contributed by atoms with van der Waals surface area (Å²) in [6.07, 6.45) is 2.64. The predicted molar refractivity (Wildman–Crippen MR) is 162 cm³/mol. The van der Waals surface area contributed by atoms with Crippen molar-refractivity contribution in [1.82, 2.24) is 10.2 Å². The van der Waals surface area contributed by atoms with E-state index in [9.17, 15) is 14.7 Å². The summed E-state index contributed by atoms with van der Waals surface area (Å²) in [6.45, 7) is 3.05. The van der Waals surface area contributed by atoms with Crippen molar-refractivity contribution in [3.8, 4) is 17.2 Å². The van der Waals surface area contributed by atoms with E-state index >= 15 is 0 Å². The van der Waals surface area contributed by atoms with Crippen LogP contribution < -0.4 is 24.4 Å². The van der Waals surface area contributed by atoms with Gasteiger partial charge in [-0.05, 0) is 96.9 Å². The molecule has 10 nitrogen and oxygen atoms in total. The van der Waals surface area contributed by atoms with Gasteiger partial charge in [0.2, 0.25) is 5.91 Å². The Morgan fingerprint density at radius 1 is 0.976 bits per heavy atom. The van der Waals surface area contributed by atoms with Gasteiger partial charge in [-0.25, -0.2) is 4.79 Å². The van der Waals surface area contributed by atoms with Gasteiger partial charge in [0.1, 0.15) is 28.7 Å². The highest BCUT2D eigenvalue weighted by Gasteiger charge is 2.28. The van der Waals surface area contributed by atoms with Gasteiger partial charge in [-0.15, -0.1) is 0 Å². The second kappa shape index (κ2) is 13.3. The van der Waals surface area contributed by atoms with E-state index in [4.69, 9.17) is 18.6 Å². The van der Waals surface area contributed by atoms with E-state index in [0.717, 1.165) is 33.4 Å². The fourth-order valence-corrected chi connectivity index (χ4v) is 4.97. The average molecular weight is 576 g/mol. The van der Waals surface area contributed by atoms with Crippen molar-refractivity contribution >= 4 is 34.9 Å². The van der Waals surface area contributed by atoms with Crippen LogP contribution in [0.15, 0.2) is 58.7 Å². The number of methoxy groups -OCH3 is 3. The highest BCUT2D eigenvalue weighted by molar-refractivity contribution is 6.08. The number of rotatable bonds is 12. The van der Waals surface area contributed by atoms with E-state index in [1.807, 2.05) is 56.3 Å². The van der Waals surface area contributed by atoms with E-state index in [0.29, 0.717) is 41.8 Å². The lowest BCUT2D eigenvalue weighted by atomic mass is 9.99. The number of benzene rings is 2. The van der Waals surface area contributed by atoms with Gasteiger partial charge in [-0.1, -0.05) is 6.07 Å². The molecule has 0 fully saturated rings. The van der Waals surface area contributed by atoms with Crippen LogP contribution in [0.2, 0.25) is 0 Å². The number of carbonyl (C=O) groups is 2. The van der Waals surface area contributed by atoms with Crippen molar-refractivity contribution in [2.75, 3.05) is 53.4 Å². The molecule has 0 spiro atoms. The number of amides is 2. The smallest absolute Gasteiger partial charge is 0.412 e. The molecule has 4 rings (SSSR count). The summed E-state index contributed by atoms with van der Waals surface area (Å²) >= 11 is 0. The van der Waals surface area contributed by atoms with Crippen LogP contribution in [0.5, 0.6) is 17.2 Å². The summed E-state index contributed by atoms with van der Waals surface area (Å²) in [7, 11) is 8.38. The Hall–Kier alpha value is -4.70. The van der Waals surface area contributed by atoms with E-state index in [1.165, 1.54) is 19.1 Å². The molecule has 1 aromatic heterocycles. The zero-order chi connectivity index (χ0) is 30.4. The zero-order valence-corrected chi connectivity index (χ0v) is 24.8. The second-order valence-electron chi connectivity index (χ2n) is 10.1. The Balaban J connectivity index is 1.74. The lowest BCUT2D eigenvalue weighted by Gasteiger charge is -2.25. The molecule has 2 N–H and O–H groups in total. The van der Waals surface area contributed by atoms with E-state index in [2.05, 4.69) is 5.32 Å². The number of anilines is 1. The number of ether oxygens (including phenoxy) is 3. The van der Waals surface area contributed by atoms with Crippen LogP contribution in [0.1, 0.15) is 35.8 Å². The first-order valence-electron chi connectivity index (χ1n) is 13.5. The quantitative estimate of drug-likeness (QED) is 0.296. The standard InChI is InChI=1S/C32H37N3O7/c1-20-25(14-21-15-28(40-5)31(29(16-21)41-6)35(32(37)38)12-11-34(2)3)24-10-9-22(39-4)17-27(24)26(20)18-30(36)33-19-23-8-7-13-42-23/h7-10,13-17H,11-12,18-19H2,1-6H3,(H,33,36)(H,37,38)/b25-14-. The lowest BCUT2D eigenvalue weighted by molar-refractivity contribution is -0.120. The number of likely N-dealkylation sites (N-methyl/N-ethyl adjacent to an activating group) is 1. The molecule has 222 valence electrons. The minimum absolute atomic E-state index is 0.130. The molecule has 0 unspecified atom stereocenters. The Bertz CT molecular complexity index is 1480. The molecule has 0 saturated heterocycles. The van der Waals surface area contributed by atoms with Crippen molar-refractivity contribution < 1.29 is 33.3 Å². The molecule has 0 aliphatic heterocycles. The fraction of sp³-hybridized carbons (Fsp3) is 0.312. The minimum atomic E-state index is -1.10. The maximum absolute atomic E-state index is 13.0. The molecule has 42 heavy (non-hydrogen) atoms. The van der Waals surface area contributed by atoms with E-state index in [1.54, 1.807) is 31.6 Å². The number of carboxylic acid groups (broad SMARTS) is 1. The van der Waals surface area contributed by atoms with Crippen molar-refractivity contribution in [2.45, 2.75) is 19.9 Å². The Morgan fingerprint density at radius 3 is 2.26 bits per heavy atom. The predicted octanol–water partition coefficient (Wildman–Crippen LogP) is 5.39. The maximum Gasteiger partial charge on any atom is 0.412 e. The number of hydrogen-bond donors (Lipinski definition) is 2. The third-order valence-electron chi connectivity index (χ3n) is 7.16. The number of carbonyl (C=O) groups excluding carboxylic acids is 1. The van der Waals surface area contributed by atoms with Gasteiger partial charge in [0.15, 0.2) is 0 Å². The van der Waals surface area contributed by atoms with Crippen LogP contribution in [-0.2, 0) is 11.3 Å². The Morgan fingerprint density at radius 2 is 1.69 bits per heavy atom. The molecule has 0 atom stereocenters. The summed E-state index contributed by atoms with van der Waals surface area (Å²) in [5.74, 6) is 1.98. The molecule has 0 radical (unpaired) electrons. The SMILES string of the molecule is COc1ccc2c(c1)C(CC(=O)NCc1ccco1)=C(C)/C2=C/c1cc(OC)c(N(CCN(C)C)C(=O)O)c(OC)c1. The van der Waals surface area contributed by atoms with Gasteiger partial charge in [-0.2, -0.15) is 0 Å². The fourth-order valence-electron chi connectivity index (χ4n) is 4.97. The summed E-state index contributed by atoms with van der Waals surface area (Å²) in [6, 6.07) is 13.0. The summed E-state index contributed by atoms with van der Waals surface area (Å²) in [5, 5.41) is 12.9. The summed E-state index contributed by atoms with van der Waals surface area (Å²) < 4.78 is 22.2. The molecule has 0 bridgehead atoms. The number of allylic oxidation sites excluding steroid dienone is 2. The topological polar surface area (TPSA) is 114 Å². The van der Waals surface area contributed by atoms with Crippen molar-refractivity contribution in [2.24, 2.45) is 0 Å². The number of hydrogen-bond acceptors (Lipinski definition) is 7. The average Bonchev–Trinajstić information content (AvgIpc) is 3.58. The van der Waals surface area contributed by atoms with Gasteiger partial charge in [0, 0.05) is 13.1 Å². The molecular weight excluding hydrogens is 538 g/mol. The summed E-state index contributed by atoms with van der Waals surface area (Å²) in [5.41, 5.74) is 5.75. The highest BCUT2D eigenvalue weighted by atomic mass is 16.5. The number of fused-ring (bicyclic) bond motifs is 1. The summed E-state index contributed by atoms with van der Waals surface area (Å²) in [4.78, 5) is 28.3. The molecule has 10 heteroatoms. The largest absolute Gasteiger partial charge is 0.497 e. The van der Waals surface area contributed by atoms with Crippen LogP contribution >= 0.6 is 0 Å². The molecule has 3 aromatic rings. The molecule has 1 aliphatic carbocycles. The second-order valence-corrected chi connectivity index (χ2v) is 10.1. The zero-order valence-electron chi connectivity index (χ0n) is 24.8. The van der Waals surface area contributed by atoms with Crippen LogP contribution in [-0.4, -0.2) is 70.5 Å². The first-order valence-corrected chi connectivity index (χ1v) is 13.5. The molecular formula is C32H37N3O7. The molecule has 2 amide bonds. The normalized spacial score (nSPS) is 13.4. The monoisotopic (exact) mass is 575 g/mol. The van der Waals surface area contributed by atoms with Gasteiger partial charge in [0.05, 0.1) is 40.6 Å². The minimum Gasteiger partial charge on any atom is -0.497 e. The van der Waals surface area contributed by atoms with Gasteiger partial charge in [0.25, 0.3) is 0 Å². The molecule has 2 aromatic carbocycles.